The molecule has 0 fully saturated rings. The Morgan fingerprint density at radius 3 is 1.63 bits per heavy atom. The fraction of sp³-hybridized carbons (Fsp3) is 0.571. The van der Waals surface area contributed by atoms with Crippen molar-refractivity contribution in [1.82, 2.24) is 0 Å². The molecule has 0 aliphatic heterocycles. The summed E-state index contributed by atoms with van der Waals surface area (Å²) in [5.74, 6) is 1.85. The Labute approximate surface area is 121 Å². The summed E-state index contributed by atoms with van der Waals surface area (Å²) in [6.07, 6.45) is 0. The van der Waals surface area contributed by atoms with E-state index in [0.717, 1.165) is 5.56 Å². The Balaban J connectivity index is 0.00000324. The molecule has 0 bridgehead atoms. The molecule has 0 radical (unpaired) electrons. The number of hydrogen-bond donors (Lipinski definition) is 1. The van der Waals surface area contributed by atoms with Gasteiger partial charge in [-0.15, -0.1) is 12.4 Å². The van der Waals surface area contributed by atoms with Crippen molar-refractivity contribution in [2.75, 3.05) is 21.3 Å². The predicted octanol–water partition coefficient (Wildman–Crippen LogP) is 3.18. The number of halogens is 1. The van der Waals surface area contributed by atoms with Crippen molar-refractivity contribution in [2.24, 2.45) is 11.1 Å². The molecule has 0 aromatic heterocycles. The van der Waals surface area contributed by atoms with Gasteiger partial charge in [0.05, 0.1) is 21.3 Å². The number of ether oxygens (including phenoxy) is 3. The third-order valence-electron chi connectivity index (χ3n) is 2.98. The van der Waals surface area contributed by atoms with Gasteiger partial charge < -0.3 is 19.9 Å². The number of methoxy groups -OCH3 is 3. The lowest BCUT2D eigenvalue weighted by Crippen LogP contribution is -2.26. The minimum Gasteiger partial charge on any atom is -0.493 e. The Morgan fingerprint density at radius 1 is 0.947 bits per heavy atom. The average molecular weight is 290 g/mol. The molecule has 1 atom stereocenters. The van der Waals surface area contributed by atoms with E-state index in [9.17, 15) is 0 Å². The molecule has 0 saturated heterocycles. The van der Waals surface area contributed by atoms with Gasteiger partial charge in [-0.1, -0.05) is 20.8 Å². The van der Waals surface area contributed by atoms with Gasteiger partial charge in [-0.05, 0) is 23.1 Å². The summed E-state index contributed by atoms with van der Waals surface area (Å²) in [6.45, 7) is 6.29. The zero-order valence-corrected chi connectivity index (χ0v) is 13.3. The highest BCUT2D eigenvalue weighted by atomic mass is 35.5. The van der Waals surface area contributed by atoms with Crippen LogP contribution in [0, 0.1) is 5.41 Å². The lowest BCUT2D eigenvalue weighted by atomic mass is 9.83. The maximum absolute atomic E-state index is 6.26. The molecular weight excluding hydrogens is 266 g/mol. The number of hydrogen-bond acceptors (Lipinski definition) is 4. The van der Waals surface area contributed by atoms with Crippen LogP contribution in [0.3, 0.4) is 0 Å². The first-order chi connectivity index (χ1) is 8.35. The molecule has 0 saturated carbocycles. The molecule has 0 heterocycles. The van der Waals surface area contributed by atoms with Crippen LogP contribution in [0.25, 0.3) is 0 Å². The van der Waals surface area contributed by atoms with E-state index in [4.69, 9.17) is 19.9 Å². The summed E-state index contributed by atoms with van der Waals surface area (Å²) in [5, 5.41) is 0. The monoisotopic (exact) mass is 289 g/mol. The van der Waals surface area contributed by atoms with Gasteiger partial charge in [0.15, 0.2) is 11.5 Å². The summed E-state index contributed by atoms with van der Waals surface area (Å²) in [7, 11) is 4.79. The van der Waals surface area contributed by atoms with Crippen molar-refractivity contribution in [3.63, 3.8) is 0 Å². The van der Waals surface area contributed by atoms with Crippen molar-refractivity contribution >= 4 is 12.4 Å². The standard InChI is InChI=1S/C14H23NO3.ClH/c1-14(2,3)13(15)9-7-10(16-4)12(18-6)11(8-9)17-5;/h7-8,13H,15H2,1-6H3;1H/t13-;/m0./s1. The molecule has 1 aromatic rings. The molecule has 0 aliphatic rings. The second-order valence-corrected chi connectivity index (χ2v) is 5.30. The molecule has 5 heteroatoms. The highest BCUT2D eigenvalue weighted by Gasteiger charge is 2.25. The Bertz CT molecular complexity index is 391. The van der Waals surface area contributed by atoms with E-state index in [1.807, 2.05) is 12.1 Å². The number of rotatable bonds is 4. The van der Waals surface area contributed by atoms with E-state index in [1.165, 1.54) is 0 Å². The van der Waals surface area contributed by atoms with E-state index in [1.54, 1.807) is 21.3 Å². The van der Waals surface area contributed by atoms with Crippen LogP contribution in [0.15, 0.2) is 12.1 Å². The summed E-state index contributed by atoms with van der Waals surface area (Å²) in [4.78, 5) is 0. The lowest BCUT2D eigenvalue weighted by molar-refractivity contribution is 0.311. The van der Waals surface area contributed by atoms with Crippen molar-refractivity contribution in [1.29, 1.82) is 0 Å². The summed E-state index contributed by atoms with van der Waals surface area (Å²) in [5.41, 5.74) is 7.19. The SMILES string of the molecule is COc1cc([C@H](N)C(C)(C)C)cc(OC)c1OC.Cl. The molecule has 0 spiro atoms. The molecule has 1 rings (SSSR count). The molecule has 110 valence electrons. The fourth-order valence-electron chi connectivity index (χ4n) is 1.78. The molecule has 1 aromatic carbocycles. The lowest BCUT2D eigenvalue weighted by Gasteiger charge is -2.28. The first-order valence-electron chi connectivity index (χ1n) is 5.90. The van der Waals surface area contributed by atoms with Crippen LogP contribution in [0.2, 0.25) is 0 Å². The summed E-state index contributed by atoms with van der Waals surface area (Å²) < 4.78 is 15.9. The van der Waals surface area contributed by atoms with Gasteiger partial charge >= 0.3 is 0 Å². The maximum atomic E-state index is 6.26. The fourth-order valence-corrected chi connectivity index (χ4v) is 1.78. The van der Waals surface area contributed by atoms with Crippen molar-refractivity contribution in [3.8, 4) is 17.2 Å². The van der Waals surface area contributed by atoms with Crippen LogP contribution in [0.1, 0.15) is 32.4 Å². The smallest absolute Gasteiger partial charge is 0.203 e. The molecule has 4 nitrogen and oxygen atoms in total. The largest absolute Gasteiger partial charge is 0.493 e. The van der Waals surface area contributed by atoms with Crippen LogP contribution in [-0.4, -0.2) is 21.3 Å². The van der Waals surface area contributed by atoms with Gasteiger partial charge in [-0.3, -0.25) is 0 Å². The minimum absolute atomic E-state index is 0. The van der Waals surface area contributed by atoms with E-state index in [0.29, 0.717) is 17.2 Å². The zero-order chi connectivity index (χ0) is 13.9. The van der Waals surface area contributed by atoms with Gasteiger partial charge in [0.2, 0.25) is 5.75 Å². The average Bonchev–Trinajstić information content (AvgIpc) is 2.34. The first kappa shape index (κ1) is 17.9. The van der Waals surface area contributed by atoms with E-state index >= 15 is 0 Å². The summed E-state index contributed by atoms with van der Waals surface area (Å²) in [6, 6.07) is 3.69. The van der Waals surface area contributed by atoms with Crippen LogP contribution >= 0.6 is 12.4 Å². The Morgan fingerprint density at radius 2 is 1.37 bits per heavy atom. The molecule has 19 heavy (non-hydrogen) atoms. The normalized spacial score (nSPS) is 12.4. The second-order valence-electron chi connectivity index (χ2n) is 5.30. The number of nitrogens with two attached hydrogens (primary N) is 1. The second kappa shape index (κ2) is 6.87. The Hall–Kier alpha value is -1.13. The molecule has 0 aliphatic carbocycles. The summed E-state index contributed by atoms with van der Waals surface area (Å²) >= 11 is 0. The van der Waals surface area contributed by atoms with Crippen molar-refractivity contribution < 1.29 is 14.2 Å². The molecule has 0 amide bonds. The molecular formula is C14H24ClNO3. The zero-order valence-electron chi connectivity index (χ0n) is 12.4. The third-order valence-corrected chi connectivity index (χ3v) is 2.98. The predicted molar refractivity (Wildman–Crippen MR) is 79.7 cm³/mol. The van der Waals surface area contributed by atoms with Crippen LogP contribution in [0.5, 0.6) is 17.2 Å². The van der Waals surface area contributed by atoms with E-state index in [-0.39, 0.29) is 23.9 Å². The van der Waals surface area contributed by atoms with Crippen LogP contribution in [-0.2, 0) is 0 Å². The highest BCUT2D eigenvalue weighted by molar-refractivity contribution is 5.85. The van der Waals surface area contributed by atoms with Gasteiger partial charge in [0, 0.05) is 6.04 Å². The first-order valence-corrected chi connectivity index (χ1v) is 5.90. The molecule has 0 unspecified atom stereocenters. The Kier molecular flexibility index (Phi) is 6.46. The topological polar surface area (TPSA) is 53.7 Å². The van der Waals surface area contributed by atoms with Crippen LogP contribution in [0.4, 0.5) is 0 Å². The van der Waals surface area contributed by atoms with Gasteiger partial charge in [0.25, 0.3) is 0 Å². The van der Waals surface area contributed by atoms with Gasteiger partial charge in [0.1, 0.15) is 0 Å². The molecule has 2 N–H and O–H groups in total. The van der Waals surface area contributed by atoms with E-state index in [2.05, 4.69) is 20.8 Å². The highest BCUT2D eigenvalue weighted by Crippen LogP contribution is 2.42. The van der Waals surface area contributed by atoms with E-state index < -0.39 is 0 Å². The van der Waals surface area contributed by atoms with Gasteiger partial charge in [-0.2, -0.15) is 0 Å². The quantitative estimate of drug-likeness (QED) is 0.925. The minimum atomic E-state index is -0.105. The third kappa shape index (κ3) is 3.91. The maximum Gasteiger partial charge on any atom is 0.203 e. The van der Waals surface area contributed by atoms with Crippen molar-refractivity contribution in [3.05, 3.63) is 17.7 Å². The van der Waals surface area contributed by atoms with Crippen LogP contribution < -0.4 is 19.9 Å². The number of benzene rings is 1. The van der Waals surface area contributed by atoms with Gasteiger partial charge in [-0.25, -0.2) is 0 Å². The van der Waals surface area contributed by atoms with Crippen molar-refractivity contribution in [2.45, 2.75) is 26.8 Å².